The van der Waals surface area contributed by atoms with Gasteiger partial charge >= 0.3 is 0 Å². The number of nitrogens with one attached hydrogen (secondary N) is 1. The summed E-state index contributed by atoms with van der Waals surface area (Å²) in [5.74, 6) is -0.865. The highest BCUT2D eigenvalue weighted by Gasteiger charge is 2.33. The van der Waals surface area contributed by atoms with Crippen LogP contribution in [0.2, 0.25) is 5.02 Å². The van der Waals surface area contributed by atoms with Crippen LogP contribution in [0.25, 0.3) is 0 Å². The first-order valence-electron chi connectivity index (χ1n) is 9.27. The Kier molecular flexibility index (Phi) is 6.96. The zero-order chi connectivity index (χ0) is 21.1. The number of carbonyl (C=O) groups excluding carboxylic acids is 3. The number of rotatable bonds is 7. The number of halogens is 1. The molecule has 1 unspecified atom stereocenters. The van der Waals surface area contributed by atoms with Gasteiger partial charge in [0.2, 0.25) is 0 Å². The average Bonchev–Trinajstić information content (AvgIpc) is 2.66. The normalized spacial score (nSPS) is 17.1. The molecular formula is C22H26ClNO4. The van der Waals surface area contributed by atoms with E-state index in [-0.39, 0.29) is 24.4 Å². The second-order valence-corrected chi connectivity index (χ2v) is 7.79. The second-order valence-electron chi connectivity index (χ2n) is 7.38. The van der Waals surface area contributed by atoms with Crippen LogP contribution in [0.4, 0.5) is 0 Å². The molecule has 0 bridgehead atoms. The van der Waals surface area contributed by atoms with E-state index >= 15 is 0 Å². The summed E-state index contributed by atoms with van der Waals surface area (Å²) in [4.78, 5) is 37.1. The van der Waals surface area contributed by atoms with E-state index in [1.54, 1.807) is 26.8 Å². The number of benzene rings is 1. The average molecular weight is 404 g/mol. The van der Waals surface area contributed by atoms with Crippen molar-refractivity contribution in [2.75, 3.05) is 6.54 Å². The van der Waals surface area contributed by atoms with E-state index in [1.807, 2.05) is 18.2 Å². The first kappa shape index (κ1) is 22.1. The Bertz CT molecular complexity index is 880. The second kappa shape index (κ2) is 8.84. The van der Waals surface area contributed by atoms with Gasteiger partial charge in [-0.15, -0.1) is 0 Å². The zero-order valence-electron chi connectivity index (χ0n) is 16.7. The smallest absolute Gasteiger partial charge is 0.251 e. The predicted octanol–water partition coefficient (Wildman–Crippen LogP) is 3.33. The van der Waals surface area contributed by atoms with E-state index in [0.29, 0.717) is 40.3 Å². The molecular weight excluding hydrogens is 378 g/mol. The number of hydrogen-bond donors (Lipinski definition) is 2. The lowest BCUT2D eigenvalue weighted by molar-refractivity contribution is -0.138. The van der Waals surface area contributed by atoms with Crippen LogP contribution in [-0.2, 0) is 20.8 Å². The van der Waals surface area contributed by atoms with E-state index in [2.05, 4.69) is 5.32 Å². The third-order valence-electron chi connectivity index (χ3n) is 5.30. The Morgan fingerprint density at radius 2 is 1.64 bits per heavy atom. The summed E-state index contributed by atoms with van der Waals surface area (Å²) >= 11 is 6.10. The summed E-state index contributed by atoms with van der Waals surface area (Å²) in [6, 6.07) is 7.37. The molecule has 1 amide bonds. The van der Waals surface area contributed by atoms with Crippen molar-refractivity contribution in [2.24, 2.45) is 0 Å². The van der Waals surface area contributed by atoms with Crippen LogP contribution in [0.3, 0.4) is 0 Å². The standard InChI is InChI=1S/C22H26ClNO4/c1-13-14(2)20(26)17(15(3)19(13)25)9-11-22(4,28)21(27)24-12-10-16-7-5-6-8-18(16)23/h5-8,28H,9-12H2,1-4H3,(H,24,27). The van der Waals surface area contributed by atoms with Gasteiger partial charge in [0.1, 0.15) is 5.60 Å². The molecule has 5 nitrogen and oxygen atoms in total. The number of allylic oxidation sites excluding steroid dienone is 4. The van der Waals surface area contributed by atoms with Gasteiger partial charge in [0, 0.05) is 33.9 Å². The Hall–Kier alpha value is -2.24. The summed E-state index contributed by atoms with van der Waals surface area (Å²) in [7, 11) is 0. The van der Waals surface area contributed by atoms with Crippen molar-refractivity contribution in [3.05, 3.63) is 57.1 Å². The van der Waals surface area contributed by atoms with E-state index in [0.717, 1.165) is 5.56 Å². The fourth-order valence-electron chi connectivity index (χ4n) is 3.14. The van der Waals surface area contributed by atoms with Gasteiger partial charge in [-0.3, -0.25) is 14.4 Å². The molecule has 150 valence electrons. The molecule has 0 heterocycles. The molecule has 1 aliphatic carbocycles. The highest BCUT2D eigenvalue weighted by atomic mass is 35.5. The van der Waals surface area contributed by atoms with Gasteiger partial charge in [0.15, 0.2) is 11.6 Å². The quantitative estimate of drug-likeness (QED) is 0.684. The summed E-state index contributed by atoms with van der Waals surface area (Å²) in [6.07, 6.45) is 0.747. The Morgan fingerprint density at radius 1 is 1.04 bits per heavy atom. The van der Waals surface area contributed by atoms with Crippen LogP contribution in [0.15, 0.2) is 46.6 Å². The van der Waals surface area contributed by atoms with E-state index in [9.17, 15) is 19.5 Å². The highest BCUT2D eigenvalue weighted by Crippen LogP contribution is 2.29. The minimum Gasteiger partial charge on any atom is -0.380 e. The SMILES string of the molecule is CC1=C(C)C(=O)C(CCC(C)(O)C(=O)NCCc2ccccc2Cl)=C(C)C1=O. The predicted molar refractivity (Wildman–Crippen MR) is 109 cm³/mol. The fraction of sp³-hybridized carbons (Fsp3) is 0.409. The minimum atomic E-state index is -1.65. The number of ketones is 2. The number of aliphatic hydroxyl groups is 1. The van der Waals surface area contributed by atoms with Crippen LogP contribution in [-0.4, -0.2) is 34.7 Å². The summed E-state index contributed by atoms with van der Waals surface area (Å²) in [5, 5.41) is 13.9. The van der Waals surface area contributed by atoms with Crippen LogP contribution in [0, 0.1) is 0 Å². The van der Waals surface area contributed by atoms with Gasteiger partial charge in [0.05, 0.1) is 0 Å². The van der Waals surface area contributed by atoms with E-state index < -0.39 is 11.5 Å². The van der Waals surface area contributed by atoms with Crippen molar-refractivity contribution in [2.45, 2.75) is 52.6 Å². The summed E-state index contributed by atoms with van der Waals surface area (Å²) < 4.78 is 0. The molecule has 0 saturated heterocycles. The number of amides is 1. The molecule has 6 heteroatoms. The van der Waals surface area contributed by atoms with Crippen molar-refractivity contribution in [3.63, 3.8) is 0 Å². The third kappa shape index (κ3) is 4.78. The Morgan fingerprint density at radius 3 is 2.29 bits per heavy atom. The molecule has 0 aromatic heterocycles. The van der Waals surface area contributed by atoms with E-state index in [4.69, 9.17) is 11.6 Å². The number of carbonyl (C=O) groups is 3. The monoisotopic (exact) mass is 403 g/mol. The molecule has 0 fully saturated rings. The van der Waals surface area contributed by atoms with Gasteiger partial charge in [-0.2, -0.15) is 0 Å². The van der Waals surface area contributed by atoms with Gasteiger partial charge in [0.25, 0.3) is 5.91 Å². The largest absolute Gasteiger partial charge is 0.380 e. The van der Waals surface area contributed by atoms with Gasteiger partial charge in [-0.05, 0) is 58.6 Å². The molecule has 2 rings (SSSR count). The zero-order valence-corrected chi connectivity index (χ0v) is 17.4. The number of hydrogen-bond acceptors (Lipinski definition) is 4. The minimum absolute atomic E-state index is 0.0446. The summed E-state index contributed by atoms with van der Waals surface area (Å²) in [6.45, 7) is 6.62. The van der Waals surface area contributed by atoms with Crippen molar-refractivity contribution in [1.29, 1.82) is 0 Å². The Balaban J connectivity index is 1.95. The summed E-state index contributed by atoms with van der Waals surface area (Å²) in [5.41, 5.74) is 0.903. The van der Waals surface area contributed by atoms with Gasteiger partial charge in [-0.1, -0.05) is 29.8 Å². The highest BCUT2D eigenvalue weighted by molar-refractivity contribution is 6.31. The first-order valence-corrected chi connectivity index (χ1v) is 9.64. The molecule has 0 saturated carbocycles. The molecule has 1 aliphatic rings. The van der Waals surface area contributed by atoms with Crippen LogP contribution < -0.4 is 5.32 Å². The molecule has 28 heavy (non-hydrogen) atoms. The molecule has 0 radical (unpaired) electrons. The van der Waals surface area contributed by atoms with Crippen molar-refractivity contribution >= 4 is 29.1 Å². The molecule has 0 spiro atoms. The van der Waals surface area contributed by atoms with Crippen LogP contribution in [0.5, 0.6) is 0 Å². The van der Waals surface area contributed by atoms with Crippen molar-refractivity contribution < 1.29 is 19.5 Å². The molecule has 0 aliphatic heterocycles. The third-order valence-corrected chi connectivity index (χ3v) is 5.67. The van der Waals surface area contributed by atoms with Gasteiger partial charge < -0.3 is 10.4 Å². The molecule has 2 N–H and O–H groups in total. The lowest BCUT2D eigenvalue weighted by Crippen LogP contribution is -2.45. The maximum Gasteiger partial charge on any atom is 0.251 e. The lowest BCUT2D eigenvalue weighted by atomic mass is 9.82. The van der Waals surface area contributed by atoms with Crippen molar-refractivity contribution in [3.8, 4) is 0 Å². The molecule has 1 aromatic carbocycles. The van der Waals surface area contributed by atoms with Crippen LogP contribution >= 0.6 is 11.6 Å². The lowest BCUT2D eigenvalue weighted by Gasteiger charge is -2.25. The maximum atomic E-state index is 12.5. The van der Waals surface area contributed by atoms with Gasteiger partial charge in [-0.25, -0.2) is 0 Å². The topological polar surface area (TPSA) is 83.5 Å². The Labute approximate surface area is 170 Å². The fourth-order valence-corrected chi connectivity index (χ4v) is 3.37. The van der Waals surface area contributed by atoms with Crippen LogP contribution in [0.1, 0.15) is 46.1 Å². The van der Waals surface area contributed by atoms with E-state index in [1.165, 1.54) is 6.92 Å². The molecule has 1 aromatic rings. The first-order chi connectivity index (χ1) is 13.1. The van der Waals surface area contributed by atoms with Crippen molar-refractivity contribution in [1.82, 2.24) is 5.32 Å². The molecule has 1 atom stereocenters. The number of Topliss-reactive ketones (excluding diaryl/α,β-unsaturated/α-hetero) is 2. The maximum absolute atomic E-state index is 12.5.